The Hall–Kier alpha value is -0.0800. The van der Waals surface area contributed by atoms with Gasteiger partial charge in [-0.2, -0.15) is 0 Å². The molecule has 0 spiro atoms. The number of rotatable bonds is 3. The predicted octanol–water partition coefficient (Wildman–Crippen LogP) is 1.55. The van der Waals surface area contributed by atoms with E-state index in [4.69, 9.17) is 4.74 Å². The second-order valence-corrected chi connectivity index (χ2v) is 3.55. The van der Waals surface area contributed by atoms with Crippen LogP contribution >= 0.6 is 0 Å². The minimum absolute atomic E-state index is 0.478. The Bertz CT molecular complexity index is 97.7. The summed E-state index contributed by atoms with van der Waals surface area (Å²) in [4.78, 5) is 0. The van der Waals surface area contributed by atoms with E-state index in [0.29, 0.717) is 12.1 Å². The van der Waals surface area contributed by atoms with Gasteiger partial charge in [0.15, 0.2) is 0 Å². The van der Waals surface area contributed by atoms with E-state index in [2.05, 4.69) is 19.2 Å². The fourth-order valence-corrected chi connectivity index (χ4v) is 1.34. The van der Waals surface area contributed by atoms with Crippen LogP contribution in [0.5, 0.6) is 0 Å². The third kappa shape index (κ3) is 3.73. The summed E-state index contributed by atoms with van der Waals surface area (Å²) in [5.41, 5.74) is 0. The van der Waals surface area contributed by atoms with Gasteiger partial charge in [-0.15, -0.1) is 0 Å². The van der Waals surface area contributed by atoms with Crippen molar-refractivity contribution in [2.24, 2.45) is 0 Å². The molecule has 0 unspecified atom stereocenters. The average molecular weight is 157 g/mol. The monoisotopic (exact) mass is 157 g/mol. The molecule has 0 radical (unpaired) electrons. The van der Waals surface area contributed by atoms with Gasteiger partial charge in [0.25, 0.3) is 0 Å². The van der Waals surface area contributed by atoms with Crippen LogP contribution in [-0.2, 0) is 4.74 Å². The first-order valence-electron chi connectivity index (χ1n) is 4.64. The van der Waals surface area contributed by atoms with Gasteiger partial charge in [0.1, 0.15) is 0 Å². The lowest BCUT2D eigenvalue weighted by atomic mass is 10.1. The lowest BCUT2D eigenvalue weighted by molar-refractivity contribution is 0.0159. The topological polar surface area (TPSA) is 21.3 Å². The van der Waals surface area contributed by atoms with Crippen LogP contribution < -0.4 is 5.32 Å². The summed E-state index contributed by atoms with van der Waals surface area (Å²) < 4.78 is 5.57. The van der Waals surface area contributed by atoms with Crippen LogP contribution in [0.4, 0.5) is 0 Å². The van der Waals surface area contributed by atoms with Crippen LogP contribution in [0.1, 0.15) is 33.1 Å². The Morgan fingerprint density at radius 2 is 2.27 bits per heavy atom. The van der Waals surface area contributed by atoms with E-state index in [9.17, 15) is 0 Å². The molecule has 0 aromatic heterocycles. The second kappa shape index (κ2) is 4.73. The molecule has 2 heteroatoms. The number of hydrogen-bond acceptors (Lipinski definition) is 2. The fourth-order valence-electron chi connectivity index (χ4n) is 1.34. The van der Waals surface area contributed by atoms with Crippen molar-refractivity contribution < 1.29 is 4.74 Å². The van der Waals surface area contributed by atoms with Crippen LogP contribution in [0, 0.1) is 0 Å². The highest BCUT2D eigenvalue weighted by Gasteiger charge is 2.12. The van der Waals surface area contributed by atoms with Gasteiger partial charge in [-0.25, -0.2) is 0 Å². The zero-order chi connectivity index (χ0) is 8.10. The Kier molecular flexibility index (Phi) is 3.87. The molecule has 0 aromatic carbocycles. The Balaban J connectivity index is 2.05. The molecule has 1 fully saturated rings. The molecule has 2 nitrogen and oxygen atoms in total. The van der Waals surface area contributed by atoms with Gasteiger partial charge in [0.05, 0.1) is 6.10 Å². The molecule has 1 atom stereocenters. The van der Waals surface area contributed by atoms with Gasteiger partial charge in [0, 0.05) is 19.2 Å². The highest BCUT2D eigenvalue weighted by atomic mass is 16.5. The zero-order valence-electron chi connectivity index (χ0n) is 7.60. The van der Waals surface area contributed by atoms with Crippen molar-refractivity contribution in [1.29, 1.82) is 0 Å². The third-order valence-corrected chi connectivity index (χ3v) is 2.03. The van der Waals surface area contributed by atoms with Crippen molar-refractivity contribution >= 4 is 0 Å². The average Bonchev–Trinajstić information content (AvgIpc) is 2.03. The number of hydrogen-bond donors (Lipinski definition) is 1. The predicted molar refractivity (Wildman–Crippen MR) is 46.7 cm³/mol. The number of ether oxygens (including phenoxy) is 1. The minimum Gasteiger partial charge on any atom is -0.377 e. The highest BCUT2D eigenvalue weighted by molar-refractivity contribution is 4.67. The van der Waals surface area contributed by atoms with E-state index in [0.717, 1.165) is 13.2 Å². The molecule has 0 aromatic rings. The molecule has 1 heterocycles. The molecule has 0 saturated carbocycles. The molecule has 1 N–H and O–H groups in total. The van der Waals surface area contributed by atoms with E-state index in [1.54, 1.807) is 0 Å². The quantitative estimate of drug-likeness (QED) is 0.671. The fraction of sp³-hybridized carbons (Fsp3) is 1.00. The maximum Gasteiger partial charge on any atom is 0.0699 e. The maximum atomic E-state index is 5.57. The molecule has 66 valence electrons. The van der Waals surface area contributed by atoms with E-state index in [1.165, 1.54) is 19.3 Å². The largest absolute Gasteiger partial charge is 0.377 e. The molecular formula is C9H19NO. The molecule has 1 aliphatic heterocycles. The lowest BCUT2D eigenvalue weighted by Crippen LogP contribution is -2.35. The summed E-state index contributed by atoms with van der Waals surface area (Å²) >= 11 is 0. The number of nitrogens with one attached hydrogen (secondary N) is 1. The molecule has 11 heavy (non-hydrogen) atoms. The van der Waals surface area contributed by atoms with E-state index < -0.39 is 0 Å². The van der Waals surface area contributed by atoms with Crippen molar-refractivity contribution in [2.45, 2.75) is 45.3 Å². The summed E-state index contributed by atoms with van der Waals surface area (Å²) in [6, 6.07) is 0.584. The van der Waals surface area contributed by atoms with Crippen LogP contribution in [-0.4, -0.2) is 25.3 Å². The van der Waals surface area contributed by atoms with Gasteiger partial charge in [-0.1, -0.05) is 13.8 Å². The van der Waals surface area contributed by atoms with Crippen molar-refractivity contribution in [2.75, 3.05) is 13.2 Å². The Labute approximate surface area is 69.3 Å². The van der Waals surface area contributed by atoms with Gasteiger partial charge < -0.3 is 10.1 Å². The standard InChI is InChI=1S/C9H19NO/c1-8(2)10-7-9-5-3-4-6-11-9/h8-10H,3-7H2,1-2H3/t9-/m0/s1. The molecule has 0 bridgehead atoms. The van der Waals surface area contributed by atoms with E-state index in [1.807, 2.05) is 0 Å². The molecule has 1 rings (SSSR count). The van der Waals surface area contributed by atoms with E-state index in [-0.39, 0.29) is 0 Å². The summed E-state index contributed by atoms with van der Waals surface area (Å²) in [6.07, 6.45) is 4.30. The third-order valence-electron chi connectivity index (χ3n) is 2.03. The van der Waals surface area contributed by atoms with Crippen LogP contribution in [0.2, 0.25) is 0 Å². The van der Waals surface area contributed by atoms with Gasteiger partial charge in [-0.3, -0.25) is 0 Å². The maximum absolute atomic E-state index is 5.57. The summed E-state index contributed by atoms with van der Waals surface area (Å²) in [7, 11) is 0. The first-order chi connectivity index (χ1) is 5.29. The smallest absolute Gasteiger partial charge is 0.0699 e. The Morgan fingerprint density at radius 1 is 1.45 bits per heavy atom. The molecule has 1 saturated heterocycles. The van der Waals surface area contributed by atoms with Gasteiger partial charge >= 0.3 is 0 Å². The summed E-state index contributed by atoms with van der Waals surface area (Å²) in [5, 5.41) is 3.39. The van der Waals surface area contributed by atoms with Crippen LogP contribution in [0.15, 0.2) is 0 Å². The SMILES string of the molecule is CC(C)NC[C@@H]1CCCCO1. The van der Waals surface area contributed by atoms with Crippen molar-refractivity contribution in [3.8, 4) is 0 Å². The minimum atomic E-state index is 0.478. The van der Waals surface area contributed by atoms with E-state index >= 15 is 0 Å². The normalized spacial score (nSPS) is 25.9. The summed E-state index contributed by atoms with van der Waals surface area (Å²) in [6.45, 7) is 6.33. The van der Waals surface area contributed by atoms with Crippen LogP contribution in [0.3, 0.4) is 0 Å². The molecule has 0 amide bonds. The van der Waals surface area contributed by atoms with Crippen molar-refractivity contribution in [3.05, 3.63) is 0 Å². The van der Waals surface area contributed by atoms with Gasteiger partial charge in [-0.05, 0) is 19.3 Å². The summed E-state index contributed by atoms with van der Waals surface area (Å²) in [5.74, 6) is 0. The second-order valence-electron chi connectivity index (χ2n) is 3.55. The zero-order valence-corrected chi connectivity index (χ0v) is 7.60. The Morgan fingerprint density at radius 3 is 2.82 bits per heavy atom. The van der Waals surface area contributed by atoms with Crippen LogP contribution in [0.25, 0.3) is 0 Å². The highest BCUT2D eigenvalue weighted by Crippen LogP contribution is 2.11. The molecule has 0 aliphatic carbocycles. The lowest BCUT2D eigenvalue weighted by Gasteiger charge is -2.23. The van der Waals surface area contributed by atoms with Crippen molar-refractivity contribution in [1.82, 2.24) is 5.32 Å². The molecular weight excluding hydrogens is 138 g/mol. The van der Waals surface area contributed by atoms with Gasteiger partial charge in [0.2, 0.25) is 0 Å². The van der Waals surface area contributed by atoms with Crippen molar-refractivity contribution in [3.63, 3.8) is 0 Å². The first kappa shape index (κ1) is 9.01. The first-order valence-corrected chi connectivity index (χ1v) is 4.64. The molecule has 1 aliphatic rings.